The number of fused-ring (bicyclic) bond motifs is 1. The lowest BCUT2D eigenvalue weighted by atomic mass is 9.58. The van der Waals surface area contributed by atoms with Crippen molar-refractivity contribution in [2.24, 2.45) is 5.41 Å². The number of aromatic nitrogens is 1. The Morgan fingerprint density at radius 3 is 2.83 bits per heavy atom. The van der Waals surface area contributed by atoms with E-state index in [4.69, 9.17) is 4.74 Å². The number of benzene rings is 1. The Kier molecular flexibility index (Phi) is 3.86. The molecule has 0 radical (unpaired) electrons. The van der Waals surface area contributed by atoms with Crippen LogP contribution in [-0.2, 0) is 4.74 Å². The smallest absolute Gasteiger partial charge is 0.253 e. The fourth-order valence-corrected chi connectivity index (χ4v) is 5.00. The molecule has 1 aromatic heterocycles. The topological polar surface area (TPSA) is 62.7 Å². The van der Waals surface area contributed by atoms with Gasteiger partial charge in [-0.1, -0.05) is 0 Å². The van der Waals surface area contributed by atoms with Crippen LogP contribution in [0.2, 0.25) is 0 Å². The number of aliphatic hydroxyl groups excluding tert-OH is 1. The van der Waals surface area contributed by atoms with Crippen molar-refractivity contribution >= 4 is 27.5 Å². The number of aryl methyl sites for hydroxylation is 1. The van der Waals surface area contributed by atoms with E-state index in [1.54, 1.807) is 18.4 Å². The lowest BCUT2D eigenvalue weighted by Gasteiger charge is -2.56. The Morgan fingerprint density at radius 1 is 1.42 bits per heavy atom. The first-order chi connectivity index (χ1) is 11.5. The zero-order valence-corrected chi connectivity index (χ0v) is 14.8. The van der Waals surface area contributed by atoms with Crippen LogP contribution >= 0.6 is 11.3 Å². The van der Waals surface area contributed by atoms with Crippen molar-refractivity contribution in [3.8, 4) is 0 Å². The highest BCUT2D eigenvalue weighted by molar-refractivity contribution is 7.18. The maximum Gasteiger partial charge on any atom is 0.253 e. The molecule has 1 aliphatic carbocycles. The number of carbonyl (C=O) groups excluding carboxylic acids is 1. The number of amides is 1. The number of rotatable bonds is 2. The number of thiazole rings is 1. The van der Waals surface area contributed by atoms with Crippen LogP contribution in [0.1, 0.15) is 34.6 Å². The maximum absolute atomic E-state index is 12.8. The minimum absolute atomic E-state index is 0.0557. The fraction of sp³-hybridized carbons (Fsp3) is 0.556. The van der Waals surface area contributed by atoms with Crippen LogP contribution in [0.3, 0.4) is 0 Å². The molecule has 2 fully saturated rings. The molecule has 2 heterocycles. The second-order valence-corrected chi connectivity index (χ2v) is 8.15. The average Bonchev–Trinajstić information content (AvgIpc) is 2.98. The summed E-state index contributed by atoms with van der Waals surface area (Å²) in [5.41, 5.74) is 1.44. The molecule has 0 unspecified atom stereocenters. The molecule has 1 saturated carbocycles. The number of likely N-dealkylation sites (tertiary alicyclic amines) is 1. The molecule has 2 aliphatic rings. The number of piperidine rings is 1. The molecule has 1 aromatic carbocycles. The molecule has 1 saturated heterocycles. The van der Waals surface area contributed by atoms with Crippen LogP contribution in [0.4, 0.5) is 0 Å². The van der Waals surface area contributed by atoms with Crippen LogP contribution in [0.15, 0.2) is 18.2 Å². The highest BCUT2D eigenvalue weighted by atomic mass is 32.1. The zero-order valence-electron chi connectivity index (χ0n) is 14.0. The quantitative estimate of drug-likeness (QED) is 0.908. The average molecular weight is 346 g/mol. The molecular weight excluding hydrogens is 324 g/mol. The Morgan fingerprint density at radius 2 is 2.17 bits per heavy atom. The monoisotopic (exact) mass is 346 g/mol. The van der Waals surface area contributed by atoms with E-state index in [0.717, 1.165) is 28.1 Å². The van der Waals surface area contributed by atoms with E-state index in [1.807, 2.05) is 30.0 Å². The molecule has 1 spiro atoms. The van der Waals surface area contributed by atoms with Gasteiger partial charge in [-0.25, -0.2) is 4.98 Å². The first-order valence-electron chi connectivity index (χ1n) is 8.41. The molecule has 128 valence electrons. The lowest BCUT2D eigenvalue weighted by molar-refractivity contribution is -0.199. The molecule has 24 heavy (non-hydrogen) atoms. The van der Waals surface area contributed by atoms with Gasteiger partial charge in [0, 0.05) is 37.6 Å². The lowest BCUT2D eigenvalue weighted by Crippen LogP contribution is -2.62. The third kappa shape index (κ3) is 2.36. The van der Waals surface area contributed by atoms with Gasteiger partial charge in [0.1, 0.15) is 0 Å². The summed E-state index contributed by atoms with van der Waals surface area (Å²) in [5.74, 6) is 0.0557. The van der Waals surface area contributed by atoms with Gasteiger partial charge in [0.2, 0.25) is 0 Å². The SMILES string of the molecule is CO[C@@H]1C[C@H](O)C12CCN(C(=O)c1ccc3sc(C)nc3c1)CC2. The van der Waals surface area contributed by atoms with Crippen molar-refractivity contribution in [1.29, 1.82) is 0 Å². The van der Waals surface area contributed by atoms with Gasteiger partial charge >= 0.3 is 0 Å². The van der Waals surface area contributed by atoms with Crippen LogP contribution in [-0.4, -0.2) is 53.3 Å². The van der Waals surface area contributed by atoms with Crippen molar-refractivity contribution < 1.29 is 14.6 Å². The Hall–Kier alpha value is -1.50. The summed E-state index contributed by atoms with van der Waals surface area (Å²) in [4.78, 5) is 19.2. The van der Waals surface area contributed by atoms with E-state index in [9.17, 15) is 9.90 Å². The molecular formula is C18H22N2O3S. The Balaban J connectivity index is 1.49. The number of methoxy groups -OCH3 is 1. The van der Waals surface area contributed by atoms with Crippen LogP contribution in [0, 0.1) is 12.3 Å². The van der Waals surface area contributed by atoms with Crippen molar-refractivity contribution in [2.45, 2.75) is 38.4 Å². The van der Waals surface area contributed by atoms with E-state index in [2.05, 4.69) is 4.98 Å². The summed E-state index contributed by atoms with van der Waals surface area (Å²) in [6.07, 6.45) is 2.14. The maximum atomic E-state index is 12.8. The Bertz CT molecular complexity index is 780. The molecule has 0 bridgehead atoms. The van der Waals surface area contributed by atoms with Gasteiger partial charge in [-0.15, -0.1) is 11.3 Å². The van der Waals surface area contributed by atoms with Crippen molar-refractivity contribution in [1.82, 2.24) is 9.88 Å². The summed E-state index contributed by atoms with van der Waals surface area (Å²) < 4.78 is 6.62. The molecule has 1 aliphatic heterocycles. The van der Waals surface area contributed by atoms with Crippen molar-refractivity contribution in [2.75, 3.05) is 20.2 Å². The van der Waals surface area contributed by atoms with Crippen molar-refractivity contribution in [3.05, 3.63) is 28.8 Å². The minimum atomic E-state index is -0.297. The minimum Gasteiger partial charge on any atom is -0.392 e. The van der Waals surface area contributed by atoms with Crippen LogP contribution < -0.4 is 0 Å². The number of aliphatic hydroxyl groups is 1. The number of ether oxygens (including phenoxy) is 1. The summed E-state index contributed by atoms with van der Waals surface area (Å²) >= 11 is 1.64. The number of hydrogen-bond acceptors (Lipinski definition) is 5. The number of nitrogens with zero attached hydrogens (tertiary/aromatic N) is 2. The molecule has 6 heteroatoms. The van der Waals surface area contributed by atoms with E-state index in [1.165, 1.54) is 0 Å². The van der Waals surface area contributed by atoms with Gasteiger partial charge in [-0.05, 0) is 38.0 Å². The number of carbonyl (C=O) groups is 1. The normalized spacial score (nSPS) is 25.9. The molecule has 2 aromatic rings. The zero-order chi connectivity index (χ0) is 16.9. The molecule has 5 nitrogen and oxygen atoms in total. The third-order valence-corrected chi connectivity index (χ3v) is 6.70. The summed E-state index contributed by atoms with van der Waals surface area (Å²) in [7, 11) is 1.71. The van der Waals surface area contributed by atoms with Gasteiger partial charge in [0.25, 0.3) is 5.91 Å². The van der Waals surface area contributed by atoms with Gasteiger partial charge in [-0.2, -0.15) is 0 Å². The largest absolute Gasteiger partial charge is 0.392 e. The molecule has 1 amide bonds. The Labute approximate surface area is 145 Å². The predicted molar refractivity (Wildman–Crippen MR) is 93.3 cm³/mol. The van der Waals surface area contributed by atoms with Crippen LogP contribution in [0.25, 0.3) is 10.2 Å². The highest BCUT2D eigenvalue weighted by Gasteiger charge is 2.56. The predicted octanol–water partition coefficient (Wildman–Crippen LogP) is 2.61. The summed E-state index contributed by atoms with van der Waals surface area (Å²) in [6, 6.07) is 5.76. The van der Waals surface area contributed by atoms with Crippen LogP contribution in [0.5, 0.6) is 0 Å². The van der Waals surface area contributed by atoms with Crippen molar-refractivity contribution in [3.63, 3.8) is 0 Å². The van der Waals surface area contributed by atoms with E-state index >= 15 is 0 Å². The van der Waals surface area contributed by atoms with Gasteiger partial charge in [0.05, 0.1) is 27.4 Å². The van der Waals surface area contributed by atoms with E-state index < -0.39 is 0 Å². The fourth-order valence-electron chi connectivity index (χ4n) is 4.20. The second-order valence-electron chi connectivity index (χ2n) is 6.92. The standard InChI is InChI=1S/C18H22N2O3S/c1-11-19-13-9-12(3-4-14(13)24-11)17(22)20-7-5-18(6-8-20)15(21)10-16(18)23-2/h3-4,9,15-16,21H,5-8,10H2,1-2H3/t15-,16+/m0/s1. The van der Waals surface area contributed by atoms with E-state index in [0.29, 0.717) is 25.1 Å². The first-order valence-corrected chi connectivity index (χ1v) is 9.22. The van der Waals surface area contributed by atoms with Gasteiger partial charge in [-0.3, -0.25) is 4.79 Å². The highest BCUT2D eigenvalue weighted by Crippen LogP contribution is 2.50. The summed E-state index contributed by atoms with van der Waals surface area (Å²) in [5, 5.41) is 11.2. The molecule has 1 N–H and O–H groups in total. The third-order valence-electron chi connectivity index (χ3n) is 5.75. The van der Waals surface area contributed by atoms with E-state index in [-0.39, 0.29) is 23.5 Å². The number of hydrogen-bond donors (Lipinski definition) is 1. The second kappa shape index (κ2) is 5.79. The first kappa shape index (κ1) is 16.0. The van der Waals surface area contributed by atoms with Gasteiger partial charge in [0.15, 0.2) is 0 Å². The molecule has 4 rings (SSSR count). The summed E-state index contributed by atoms with van der Waals surface area (Å²) in [6.45, 7) is 3.32. The van der Waals surface area contributed by atoms with Gasteiger partial charge < -0.3 is 14.7 Å². The molecule has 2 atom stereocenters.